The predicted molar refractivity (Wildman–Crippen MR) is 79.7 cm³/mol. The lowest BCUT2D eigenvalue weighted by Gasteiger charge is -2.30. The van der Waals surface area contributed by atoms with Crippen molar-refractivity contribution in [2.75, 3.05) is 25.9 Å². The van der Waals surface area contributed by atoms with Crippen LogP contribution in [0.1, 0.15) is 31.0 Å². The third kappa shape index (κ3) is 5.30. The van der Waals surface area contributed by atoms with E-state index in [1.165, 1.54) is 11.8 Å². The summed E-state index contributed by atoms with van der Waals surface area (Å²) in [6.45, 7) is 8.41. The van der Waals surface area contributed by atoms with Crippen LogP contribution in [0.4, 0.5) is 0 Å². The van der Waals surface area contributed by atoms with Crippen LogP contribution in [-0.2, 0) is 10.0 Å². The SMILES string of the molecule is CCN(CC)C(CNS(C)(=O)=O)c1ccc(C)cc1. The average molecular weight is 284 g/mol. The van der Waals surface area contributed by atoms with Gasteiger partial charge in [-0.15, -0.1) is 0 Å². The smallest absolute Gasteiger partial charge is 0.208 e. The van der Waals surface area contributed by atoms with Gasteiger partial charge in [0.05, 0.1) is 6.26 Å². The molecular weight excluding hydrogens is 260 g/mol. The zero-order valence-electron chi connectivity index (χ0n) is 12.2. The Hall–Kier alpha value is -0.910. The first-order valence-electron chi connectivity index (χ1n) is 6.62. The number of benzene rings is 1. The molecule has 0 aliphatic heterocycles. The Morgan fingerprint density at radius 3 is 2.11 bits per heavy atom. The zero-order valence-corrected chi connectivity index (χ0v) is 13.0. The lowest BCUT2D eigenvalue weighted by molar-refractivity contribution is 0.220. The molecule has 1 N–H and O–H groups in total. The quantitative estimate of drug-likeness (QED) is 0.832. The number of rotatable bonds is 7. The van der Waals surface area contributed by atoms with Crippen LogP contribution in [0, 0.1) is 6.92 Å². The number of nitrogens with zero attached hydrogens (tertiary/aromatic N) is 1. The number of hydrogen-bond acceptors (Lipinski definition) is 3. The summed E-state index contributed by atoms with van der Waals surface area (Å²) in [6, 6.07) is 8.34. The molecule has 1 aromatic carbocycles. The lowest BCUT2D eigenvalue weighted by atomic mass is 10.0. The van der Waals surface area contributed by atoms with E-state index in [9.17, 15) is 8.42 Å². The van der Waals surface area contributed by atoms with Crippen molar-refractivity contribution in [2.45, 2.75) is 26.8 Å². The van der Waals surface area contributed by atoms with Crippen LogP contribution in [0.15, 0.2) is 24.3 Å². The van der Waals surface area contributed by atoms with E-state index < -0.39 is 10.0 Å². The predicted octanol–water partition coefficient (Wildman–Crippen LogP) is 1.93. The van der Waals surface area contributed by atoms with Crippen LogP contribution in [0.25, 0.3) is 0 Å². The number of sulfonamides is 1. The summed E-state index contributed by atoms with van der Waals surface area (Å²) in [6.07, 6.45) is 1.20. The maximum Gasteiger partial charge on any atom is 0.208 e. The molecule has 0 radical (unpaired) electrons. The van der Waals surface area contributed by atoms with Crippen molar-refractivity contribution in [3.8, 4) is 0 Å². The van der Waals surface area contributed by atoms with Gasteiger partial charge in [-0.2, -0.15) is 0 Å². The minimum absolute atomic E-state index is 0.0744. The highest BCUT2D eigenvalue weighted by Gasteiger charge is 2.19. The molecule has 0 fully saturated rings. The summed E-state index contributed by atoms with van der Waals surface area (Å²) in [5.74, 6) is 0. The van der Waals surface area contributed by atoms with E-state index in [4.69, 9.17) is 0 Å². The van der Waals surface area contributed by atoms with E-state index in [1.54, 1.807) is 0 Å². The third-order valence-corrected chi connectivity index (χ3v) is 3.95. The summed E-state index contributed by atoms with van der Waals surface area (Å²) in [5.41, 5.74) is 2.35. The van der Waals surface area contributed by atoms with Crippen molar-refractivity contribution in [2.24, 2.45) is 0 Å². The first-order valence-corrected chi connectivity index (χ1v) is 8.51. The Labute approximate surface area is 116 Å². The molecule has 0 saturated heterocycles. The van der Waals surface area contributed by atoms with Gasteiger partial charge in [0, 0.05) is 12.6 Å². The van der Waals surface area contributed by atoms with Crippen LogP contribution in [0.5, 0.6) is 0 Å². The van der Waals surface area contributed by atoms with Gasteiger partial charge in [-0.3, -0.25) is 4.90 Å². The second-order valence-electron chi connectivity index (χ2n) is 4.77. The van der Waals surface area contributed by atoms with Crippen molar-refractivity contribution >= 4 is 10.0 Å². The number of aryl methyl sites for hydroxylation is 1. The van der Waals surface area contributed by atoms with E-state index in [2.05, 4.69) is 47.7 Å². The van der Waals surface area contributed by atoms with Gasteiger partial charge in [-0.25, -0.2) is 13.1 Å². The largest absolute Gasteiger partial charge is 0.296 e. The van der Waals surface area contributed by atoms with Crippen molar-refractivity contribution in [1.29, 1.82) is 0 Å². The van der Waals surface area contributed by atoms with Gasteiger partial charge in [0.15, 0.2) is 0 Å². The van der Waals surface area contributed by atoms with Crippen LogP contribution in [-0.4, -0.2) is 39.2 Å². The van der Waals surface area contributed by atoms with Crippen molar-refractivity contribution in [3.63, 3.8) is 0 Å². The first kappa shape index (κ1) is 16.1. The number of nitrogens with one attached hydrogen (secondary N) is 1. The Morgan fingerprint density at radius 2 is 1.68 bits per heavy atom. The molecule has 0 aliphatic carbocycles. The third-order valence-electron chi connectivity index (χ3n) is 3.25. The molecule has 0 bridgehead atoms. The molecule has 5 heteroatoms. The standard InChI is InChI=1S/C14H24N2O2S/c1-5-16(6-2)14(11-15-19(4,17)18)13-9-7-12(3)8-10-13/h7-10,14-15H,5-6,11H2,1-4H3. The molecule has 1 rings (SSSR count). The number of likely N-dealkylation sites (N-methyl/N-ethyl adjacent to an activating group) is 1. The summed E-state index contributed by atoms with van der Waals surface area (Å²) in [7, 11) is -3.16. The van der Waals surface area contributed by atoms with Crippen LogP contribution >= 0.6 is 0 Å². The molecule has 19 heavy (non-hydrogen) atoms. The topological polar surface area (TPSA) is 49.4 Å². The number of hydrogen-bond donors (Lipinski definition) is 1. The van der Waals surface area contributed by atoms with Gasteiger partial charge >= 0.3 is 0 Å². The highest BCUT2D eigenvalue weighted by molar-refractivity contribution is 7.88. The van der Waals surface area contributed by atoms with Crippen molar-refractivity contribution < 1.29 is 8.42 Å². The molecule has 1 aromatic rings. The molecule has 4 nitrogen and oxygen atoms in total. The molecule has 0 aromatic heterocycles. The summed E-state index contributed by atoms with van der Waals surface area (Å²) in [4.78, 5) is 2.25. The van der Waals surface area contributed by atoms with Crippen LogP contribution in [0.2, 0.25) is 0 Å². The molecule has 0 spiro atoms. The fraction of sp³-hybridized carbons (Fsp3) is 0.571. The average Bonchev–Trinajstić information content (AvgIpc) is 2.35. The summed E-state index contributed by atoms with van der Waals surface area (Å²) in [5, 5.41) is 0. The van der Waals surface area contributed by atoms with Crippen molar-refractivity contribution in [3.05, 3.63) is 35.4 Å². The molecule has 1 atom stereocenters. The fourth-order valence-electron chi connectivity index (χ4n) is 2.14. The summed E-state index contributed by atoms with van der Waals surface area (Å²) >= 11 is 0. The van der Waals surface area contributed by atoms with Gasteiger partial charge in [0.2, 0.25) is 10.0 Å². The maximum atomic E-state index is 11.3. The second kappa shape index (κ2) is 7.03. The Balaban J connectivity index is 2.94. The Kier molecular flexibility index (Phi) is 5.97. The fourth-order valence-corrected chi connectivity index (χ4v) is 2.60. The summed E-state index contributed by atoms with van der Waals surface area (Å²) < 4.78 is 25.2. The Bertz CT molecular complexity index is 479. The van der Waals surface area contributed by atoms with E-state index in [0.717, 1.165) is 18.7 Å². The minimum Gasteiger partial charge on any atom is -0.296 e. The van der Waals surface area contributed by atoms with E-state index in [1.807, 2.05) is 6.92 Å². The maximum absolute atomic E-state index is 11.3. The Morgan fingerprint density at radius 1 is 1.16 bits per heavy atom. The highest BCUT2D eigenvalue weighted by Crippen LogP contribution is 2.20. The van der Waals surface area contributed by atoms with Crippen LogP contribution in [0.3, 0.4) is 0 Å². The van der Waals surface area contributed by atoms with Gasteiger partial charge in [-0.05, 0) is 25.6 Å². The molecule has 1 unspecified atom stereocenters. The molecule has 108 valence electrons. The van der Waals surface area contributed by atoms with Crippen molar-refractivity contribution in [1.82, 2.24) is 9.62 Å². The minimum atomic E-state index is -3.16. The zero-order chi connectivity index (χ0) is 14.5. The molecule has 0 amide bonds. The van der Waals surface area contributed by atoms with Gasteiger partial charge in [-0.1, -0.05) is 43.7 Å². The molecule has 0 heterocycles. The monoisotopic (exact) mass is 284 g/mol. The van der Waals surface area contributed by atoms with Gasteiger partial charge in [0.1, 0.15) is 0 Å². The lowest BCUT2D eigenvalue weighted by Crippen LogP contribution is -2.37. The van der Waals surface area contributed by atoms with Gasteiger partial charge < -0.3 is 0 Å². The van der Waals surface area contributed by atoms with E-state index in [-0.39, 0.29) is 6.04 Å². The van der Waals surface area contributed by atoms with Gasteiger partial charge in [0.25, 0.3) is 0 Å². The second-order valence-corrected chi connectivity index (χ2v) is 6.60. The first-order chi connectivity index (χ1) is 8.87. The normalized spacial score (nSPS) is 13.7. The van der Waals surface area contributed by atoms with E-state index in [0.29, 0.717) is 6.54 Å². The van der Waals surface area contributed by atoms with Crippen LogP contribution < -0.4 is 4.72 Å². The highest BCUT2D eigenvalue weighted by atomic mass is 32.2. The molecule has 0 aliphatic rings. The molecule has 0 saturated carbocycles. The van der Waals surface area contributed by atoms with E-state index >= 15 is 0 Å². The molecular formula is C14H24N2O2S.